The van der Waals surface area contributed by atoms with Crippen molar-refractivity contribution in [2.75, 3.05) is 6.54 Å². The third-order valence-corrected chi connectivity index (χ3v) is 3.77. The molecule has 0 bridgehead atoms. The number of hydrogen-bond acceptors (Lipinski definition) is 2. The Balaban J connectivity index is 2.22. The van der Waals surface area contributed by atoms with Crippen LogP contribution in [0, 0.1) is 12.8 Å². The van der Waals surface area contributed by atoms with E-state index >= 15 is 0 Å². The van der Waals surface area contributed by atoms with Gasteiger partial charge in [0, 0.05) is 18.2 Å². The molecule has 1 amide bonds. The minimum atomic E-state index is 0.0919. The van der Waals surface area contributed by atoms with Crippen molar-refractivity contribution in [3.63, 3.8) is 0 Å². The molecular formula is C15H21NO2. The van der Waals surface area contributed by atoms with Gasteiger partial charge >= 0.3 is 0 Å². The van der Waals surface area contributed by atoms with Crippen molar-refractivity contribution in [3.05, 3.63) is 29.3 Å². The predicted octanol–water partition coefficient (Wildman–Crippen LogP) is 2.96. The van der Waals surface area contributed by atoms with Gasteiger partial charge in [-0.2, -0.15) is 0 Å². The average molecular weight is 247 g/mol. The zero-order valence-electron chi connectivity index (χ0n) is 11.3. The molecule has 3 heteroatoms. The van der Waals surface area contributed by atoms with Crippen molar-refractivity contribution >= 4 is 5.91 Å². The minimum Gasteiger partial charge on any atom is -0.508 e. The van der Waals surface area contributed by atoms with Crippen LogP contribution in [-0.2, 0) is 0 Å². The molecule has 3 nitrogen and oxygen atoms in total. The van der Waals surface area contributed by atoms with Gasteiger partial charge in [0.1, 0.15) is 5.75 Å². The minimum absolute atomic E-state index is 0.0919. The van der Waals surface area contributed by atoms with Gasteiger partial charge in [-0.25, -0.2) is 0 Å². The molecule has 0 saturated carbocycles. The molecular weight excluding hydrogens is 226 g/mol. The van der Waals surface area contributed by atoms with E-state index < -0.39 is 0 Å². The molecule has 0 radical (unpaired) electrons. The first-order chi connectivity index (χ1) is 8.50. The van der Waals surface area contributed by atoms with Crippen molar-refractivity contribution in [1.29, 1.82) is 0 Å². The number of hydrogen-bond donors (Lipinski definition) is 1. The molecule has 1 atom stereocenters. The van der Waals surface area contributed by atoms with E-state index in [0.717, 1.165) is 24.9 Å². The molecule has 1 aliphatic heterocycles. The second-order valence-corrected chi connectivity index (χ2v) is 5.45. The number of rotatable bonds is 2. The molecule has 2 rings (SSSR count). The second kappa shape index (κ2) is 5.01. The molecule has 1 N–H and O–H groups in total. The predicted molar refractivity (Wildman–Crippen MR) is 71.7 cm³/mol. The molecule has 1 fully saturated rings. The van der Waals surface area contributed by atoms with Gasteiger partial charge in [-0.15, -0.1) is 0 Å². The van der Waals surface area contributed by atoms with Crippen LogP contribution in [-0.4, -0.2) is 28.5 Å². The number of aryl methyl sites for hydroxylation is 1. The number of nitrogens with zero attached hydrogens (tertiary/aromatic N) is 1. The smallest absolute Gasteiger partial charge is 0.254 e. The van der Waals surface area contributed by atoms with Gasteiger partial charge in [-0.05, 0) is 49.4 Å². The van der Waals surface area contributed by atoms with Crippen molar-refractivity contribution in [3.8, 4) is 5.75 Å². The first-order valence-corrected chi connectivity index (χ1v) is 6.61. The maximum Gasteiger partial charge on any atom is 0.254 e. The topological polar surface area (TPSA) is 40.5 Å². The van der Waals surface area contributed by atoms with Crippen molar-refractivity contribution in [2.45, 2.75) is 39.7 Å². The largest absolute Gasteiger partial charge is 0.508 e. The molecule has 0 spiro atoms. The summed E-state index contributed by atoms with van der Waals surface area (Å²) in [5.41, 5.74) is 1.43. The van der Waals surface area contributed by atoms with E-state index in [1.807, 2.05) is 11.8 Å². The second-order valence-electron chi connectivity index (χ2n) is 5.45. The lowest BCUT2D eigenvalue weighted by Gasteiger charge is -2.27. The Morgan fingerprint density at radius 2 is 2.17 bits per heavy atom. The van der Waals surface area contributed by atoms with Crippen molar-refractivity contribution in [2.24, 2.45) is 5.92 Å². The Bertz CT molecular complexity index is 454. The molecule has 0 aromatic heterocycles. The van der Waals surface area contributed by atoms with Crippen LogP contribution in [0.1, 0.15) is 42.6 Å². The summed E-state index contributed by atoms with van der Waals surface area (Å²) in [5, 5.41) is 9.51. The molecule has 1 aromatic carbocycles. The van der Waals surface area contributed by atoms with Crippen LogP contribution in [0.3, 0.4) is 0 Å². The molecule has 1 heterocycles. The van der Waals surface area contributed by atoms with Gasteiger partial charge in [0.05, 0.1) is 0 Å². The normalized spacial score (nSPS) is 19.6. The number of carbonyl (C=O) groups excluding carboxylic acids is 1. The van der Waals surface area contributed by atoms with Crippen LogP contribution in [0.2, 0.25) is 0 Å². The Morgan fingerprint density at radius 1 is 1.44 bits per heavy atom. The lowest BCUT2D eigenvalue weighted by molar-refractivity contribution is 0.0701. The third kappa shape index (κ3) is 2.35. The van der Waals surface area contributed by atoms with Crippen LogP contribution in [0.5, 0.6) is 5.75 Å². The van der Waals surface area contributed by atoms with E-state index in [9.17, 15) is 9.90 Å². The highest BCUT2D eigenvalue weighted by atomic mass is 16.3. The monoisotopic (exact) mass is 247 g/mol. The number of phenols is 1. The van der Waals surface area contributed by atoms with Crippen LogP contribution in [0.15, 0.2) is 18.2 Å². The lowest BCUT2D eigenvalue weighted by atomic mass is 10.0. The zero-order chi connectivity index (χ0) is 13.3. The van der Waals surface area contributed by atoms with E-state index in [-0.39, 0.29) is 11.7 Å². The number of aromatic hydroxyl groups is 1. The van der Waals surface area contributed by atoms with E-state index in [2.05, 4.69) is 13.8 Å². The number of benzene rings is 1. The van der Waals surface area contributed by atoms with Gasteiger partial charge in [-0.1, -0.05) is 13.8 Å². The average Bonchev–Trinajstić information content (AvgIpc) is 2.81. The Hall–Kier alpha value is -1.51. The van der Waals surface area contributed by atoms with E-state index in [1.54, 1.807) is 18.2 Å². The van der Waals surface area contributed by atoms with E-state index in [1.165, 1.54) is 0 Å². The molecule has 1 aromatic rings. The number of amides is 1. The summed E-state index contributed by atoms with van der Waals surface area (Å²) in [6.45, 7) is 6.99. The first kappa shape index (κ1) is 12.9. The highest BCUT2D eigenvalue weighted by molar-refractivity contribution is 5.95. The highest BCUT2D eigenvalue weighted by Gasteiger charge is 2.31. The number of likely N-dealkylation sites (tertiary alicyclic amines) is 1. The Labute approximate surface area is 108 Å². The Kier molecular flexibility index (Phi) is 3.60. The van der Waals surface area contributed by atoms with E-state index in [4.69, 9.17) is 0 Å². The van der Waals surface area contributed by atoms with Gasteiger partial charge in [0.25, 0.3) is 5.91 Å². The molecule has 1 aliphatic rings. The molecule has 1 unspecified atom stereocenters. The van der Waals surface area contributed by atoms with Gasteiger partial charge < -0.3 is 10.0 Å². The number of carbonyl (C=O) groups is 1. The molecule has 98 valence electrons. The van der Waals surface area contributed by atoms with Gasteiger partial charge in [0.15, 0.2) is 0 Å². The molecule has 1 saturated heterocycles. The quantitative estimate of drug-likeness (QED) is 0.872. The Morgan fingerprint density at radius 3 is 2.78 bits per heavy atom. The lowest BCUT2D eigenvalue weighted by Crippen LogP contribution is -2.38. The molecule has 0 aliphatic carbocycles. The highest BCUT2D eigenvalue weighted by Crippen LogP contribution is 2.26. The summed E-state index contributed by atoms with van der Waals surface area (Å²) in [6.07, 6.45) is 2.19. The number of phenolic OH excluding ortho intramolecular Hbond substituents is 1. The van der Waals surface area contributed by atoms with Crippen LogP contribution in [0.25, 0.3) is 0 Å². The van der Waals surface area contributed by atoms with Crippen LogP contribution in [0.4, 0.5) is 0 Å². The molecule has 18 heavy (non-hydrogen) atoms. The van der Waals surface area contributed by atoms with Crippen LogP contribution < -0.4 is 0 Å². The van der Waals surface area contributed by atoms with Gasteiger partial charge in [0.2, 0.25) is 0 Å². The van der Waals surface area contributed by atoms with Crippen molar-refractivity contribution < 1.29 is 9.90 Å². The summed E-state index contributed by atoms with van der Waals surface area (Å²) in [5.74, 6) is 0.831. The summed E-state index contributed by atoms with van der Waals surface area (Å²) in [7, 11) is 0. The third-order valence-electron chi connectivity index (χ3n) is 3.77. The maximum atomic E-state index is 12.5. The first-order valence-electron chi connectivity index (χ1n) is 6.61. The fourth-order valence-corrected chi connectivity index (χ4v) is 2.69. The van der Waals surface area contributed by atoms with Crippen LogP contribution >= 0.6 is 0 Å². The van der Waals surface area contributed by atoms with E-state index in [0.29, 0.717) is 17.5 Å². The summed E-state index contributed by atoms with van der Waals surface area (Å²) < 4.78 is 0. The zero-order valence-corrected chi connectivity index (χ0v) is 11.3. The SMILES string of the molecule is Cc1cc(C(=O)N2CCCC2C(C)C)ccc1O. The summed E-state index contributed by atoms with van der Waals surface area (Å²) >= 11 is 0. The van der Waals surface area contributed by atoms with Crippen molar-refractivity contribution in [1.82, 2.24) is 4.90 Å². The fourth-order valence-electron chi connectivity index (χ4n) is 2.69. The summed E-state index contributed by atoms with van der Waals surface area (Å²) in [4.78, 5) is 14.5. The standard InChI is InChI=1S/C15H21NO2/c1-10(2)13-5-4-8-16(13)15(18)12-6-7-14(17)11(3)9-12/h6-7,9-10,13,17H,4-5,8H2,1-3H3. The fraction of sp³-hybridized carbons (Fsp3) is 0.533. The summed E-state index contributed by atoms with van der Waals surface area (Å²) in [6, 6.07) is 5.43. The maximum absolute atomic E-state index is 12.5. The van der Waals surface area contributed by atoms with Gasteiger partial charge in [-0.3, -0.25) is 4.79 Å².